The van der Waals surface area contributed by atoms with E-state index in [1.54, 1.807) is 0 Å². The van der Waals surface area contributed by atoms with E-state index in [4.69, 9.17) is 9.47 Å². The first-order chi connectivity index (χ1) is 11.7. The molecule has 1 fully saturated rings. The summed E-state index contributed by atoms with van der Waals surface area (Å²) in [7, 11) is 0. The van der Waals surface area contributed by atoms with E-state index in [1.165, 1.54) is 51.4 Å². The molecule has 1 rings (SSSR count). The van der Waals surface area contributed by atoms with Gasteiger partial charge in [0.05, 0.1) is 19.8 Å². The Morgan fingerprint density at radius 3 is 2.33 bits per heavy atom. The van der Waals surface area contributed by atoms with Crippen molar-refractivity contribution in [3.05, 3.63) is 12.2 Å². The fraction of sp³-hybridized carbons (Fsp3) is 0.895. The maximum absolute atomic E-state index is 9.93. The average Bonchev–Trinajstić information content (AvgIpc) is 2.59. The molecule has 3 N–H and O–H groups in total. The van der Waals surface area contributed by atoms with Crippen molar-refractivity contribution in [3.63, 3.8) is 0 Å². The standard InChI is InChI=1S/C19H36O5/c1-2-3-4-5-6-7-8-9-10-11-12-13-23-19-17(14-20)24-15-16(21)18(19)22/h11-12,16-22H,2-10,13-15H2,1H3/b12-11+/t16-,17+,18+,19+/m1/s1. The summed E-state index contributed by atoms with van der Waals surface area (Å²) in [6.07, 6.45) is 12.3. The monoisotopic (exact) mass is 344 g/mol. The van der Waals surface area contributed by atoms with Crippen LogP contribution in [-0.2, 0) is 9.47 Å². The first kappa shape index (κ1) is 21.6. The van der Waals surface area contributed by atoms with E-state index in [0.29, 0.717) is 6.61 Å². The van der Waals surface area contributed by atoms with Crippen molar-refractivity contribution >= 4 is 0 Å². The molecule has 1 aliphatic heterocycles. The molecule has 4 atom stereocenters. The van der Waals surface area contributed by atoms with Gasteiger partial charge < -0.3 is 24.8 Å². The minimum Gasteiger partial charge on any atom is -0.394 e. The number of rotatable bonds is 13. The van der Waals surface area contributed by atoms with E-state index < -0.39 is 24.4 Å². The van der Waals surface area contributed by atoms with Crippen molar-refractivity contribution in [2.24, 2.45) is 0 Å². The van der Waals surface area contributed by atoms with Gasteiger partial charge in [-0.05, 0) is 12.8 Å². The lowest BCUT2D eigenvalue weighted by molar-refractivity contribution is -0.208. The largest absolute Gasteiger partial charge is 0.394 e. The Morgan fingerprint density at radius 2 is 1.67 bits per heavy atom. The van der Waals surface area contributed by atoms with Gasteiger partial charge in [-0.25, -0.2) is 0 Å². The summed E-state index contributed by atoms with van der Waals surface area (Å²) in [5.74, 6) is 0. The fourth-order valence-electron chi connectivity index (χ4n) is 2.97. The highest BCUT2D eigenvalue weighted by atomic mass is 16.6. The zero-order chi connectivity index (χ0) is 17.6. The summed E-state index contributed by atoms with van der Waals surface area (Å²) in [6, 6.07) is 0. The lowest BCUT2D eigenvalue weighted by atomic mass is 10.0. The van der Waals surface area contributed by atoms with Crippen molar-refractivity contribution in [2.45, 2.75) is 89.1 Å². The molecule has 0 spiro atoms. The van der Waals surface area contributed by atoms with Crippen LogP contribution < -0.4 is 0 Å². The van der Waals surface area contributed by atoms with Crippen LogP contribution in [0.4, 0.5) is 0 Å². The molecule has 0 amide bonds. The van der Waals surface area contributed by atoms with E-state index in [9.17, 15) is 15.3 Å². The molecule has 0 saturated carbocycles. The SMILES string of the molecule is CCCCCCCCCC/C=C/CO[C@@H]1[C@@H](O)[C@H](O)CO[C@H]1CO. The maximum Gasteiger partial charge on any atom is 0.115 e. The Morgan fingerprint density at radius 1 is 1.00 bits per heavy atom. The molecule has 0 aliphatic carbocycles. The summed E-state index contributed by atoms with van der Waals surface area (Å²) in [5.41, 5.74) is 0. The quantitative estimate of drug-likeness (QED) is 0.353. The lowest BCUT2D eigenvalue weighted by Crippen LogP contribution is -2.55. The normalized spacial score (nSPS) is 27.8. The van der Waals surface area contributed by atoms with E-state index in [2.05, 4.69) is 13.0 Å². The van der Waals surface area contributed by atoms with Crippen molar-refractivity contribution in [1.82, 2.24) is 0 Å². The van der Waals surface area contributed by atoms with Crippen molar-refractivity contribution in [3.8, 4) is 0 Å². The molecular formula is C19H36O5. The molecule has 5 heteroatoms. The fourth-order valence-corrected chi connectivity index (χ4v) is 2.97. The van der Waals surface area contributed by atoms with Crippen molar-refractivity contribution < 1.29 is 24.8 Å². The molecule has 1 aliphatic rings. The molecule has 142 valence electrons. The van der Waals surface area contributed by atoms with Crippen LogP contribution in [0.1, 0.15) is 64.7 Å². The number of hydrogen-bond donors (Lipinski definition) is 3. The molecule has 1 saturated heterocycles. The van der Waals surface area contributed by atoms with Gasteiger partial charge in [0.1, 0.15) is 24.4 Å². The maximum atomic E-state index is 9.93. The molecule has 0 aromatic heterocycles. The first-order valence-electron chi connectivity index (χ1n) is 9.55. The summed E-state index contributed by atoms with van der Waals surface area (Å²) in [5, 5.41) is 28.8. The number of allylic oxidation sites excluding steroid dienone is 1. The van der Waals surface area contributed by atoms with Gasteiger partial charge in [-0.3, -0.25) is 0 Å². The van der Waals surface area contributed by atoms with Crippen LogP contribution in [0.2, 0.25) is 0 Å². The molecule has 24 heavy (non-hydrogen) atoms. The van der Waals surface area contributed by atoms with Gasteiger partial charge in [0.25, 0.3) is 0 Å². The highest BCUT2D eigenvalue weighted by molar-refractivity contribution is 4.89. The predicted molar refractivity (Wildman–Crippen MR) is 94.9 cm³/mol. The van der Waals surface area contributed by atoms with E-state index in [0.717, 1.165) is 6.42 Å². The van der Waals surface area contributed by atoms with E-state index >= 15 is 0 Å². The van der Waals surface area contributed by atoms with E-state index in [-0.39, 0.29) is 13.2 Å². The predicted octanol–water partition coefficient (Wildman–Crippen LogP) is 2.57. The van der Waals surface area contributed by atoms with Crippen LogP contribution in [0.25, 0.3) is 0 Å². The highest BCUT2D eigenvalue weighted by Crippen LogP contribution is 2.18. The number of ether oxygens (including phenoxy) is 2. The Hall–Kier alpha value is -0.460. The van der Waals surface area contributed by atoms with Gasteiger partial charge in [0.15, 0.2) is 0 Å². The minimum absolute atomic E-state index is 0.0283. The summed E-state index contributed by atoms with van der Waals surface area (Å²) >= 11 is 0. The molecule has 0 radical (unpaired) electrons. The van der Waals surface area contributed by atoms with Gasteiger partial charge in [0.2, 0.25) is 0 Å². The Labute approximate surface area is 146 Å². The van der Waals surface area contributed by atoms with E-state index in [1.807, 2.05) is 6.08 Å². The number of aliphatic hydroxyl groups excluding tert-OH is 3. The second-order valence-corrected chi connectivity index (χ2v) is 6.65. The smallest absolute Gasteiger partial charge is 0.115 e. The van der Waals surface area contributed by atoms with Crippen LogP contribution >= 0.6 is 0 Å². The lowest BCUT2D eigenvalue weighted by Gasteiger charge is -2.37. The van der Waals surface area contributed by atoms with Crippen LogP contribution in [-0.4, -0.2) is 59.6 Å². The molecule has 1 heterocycles. The number of unbranched alkanes of at least 4 members (excludes halogenated alkanes) is 8. The number of hydrogen-bond acceptors (Lipinski definition) is 5. The Bertz CT molecular complexity index is 319. The summed E-state index contributed by atoms with van der Waals surface area (Å²) in [4.78, 5) is 0. The topological polar surface area (TPSA) is 79.2 Å². The summed E-state index contributed by atoms with van der Waals surface area (Å²) in [6.45, 7) is 2.40. The molecular weight excluding hydrogens is 308 g/mol. The minimum atomic E-state index is -1.02. The van der Waals surface area contributed by atoms with Gasteiger partial charge >= 0.3 is 0 Å². The Balaban J connectivity index is 2.04. The zero-order valence-corrected chi connectivity index (χ0v) is 15.1. The van der Waals surface area contributed by atoms with Gasteiger partial charge in [0, 0.05) is 0 Å². The second kappa shape index (κ2) is 13.8. The zero-order valence-electron chi connectivity index (χ0n) is 15.1. The molecule has 5 nitrogen and oxygen atoms in total. The molecule has 0 aromatic carbocycles. The van der Waals surface area contributed by atoms with Crippen LogP contribution in [0, 0.1) is 0 Å². The summed E-state index contributed by atoms with van der Waals surface area (Å²) < 4.78 is 10.8. The second-order valence-electron chi connectivity index (χ2n) is 6.65. The third-order valence-corrected chi connectivity index (χ3v) is 4.53. The number of aliphatic hydroxyl groups is 3. The third kappa shape index (κ3) is 8.58. The third-order valence-electron chi connectivity index (χ3n) is 4.53. The highest BCUT2D eigenvalue weighted by Gasteiger charge is 2.38. The van der Waals surface area contributed by atoms with Gasteiger partial charge in [-0.15, -0.1) is 0 Å². The molecule has 0 unspecified atom stereocenters. The van der Waals surface area contributed by atoms with Crippen LogP contribution in [0.15, 0.2) is 12.2 Å². The van der Waals surface area contributed by atoms with Crippen molar-refractivity contribution in [2.75, 3.05) is 19.8 Å². The van der Waals surface area contributed by atoms with Gasteiger partial charge in [-0.2, -0.15) is 0 Å². The van der Waals surface area contributed by atoms with Gasteiger partial charge in [-0.1, -0.05) is 64.0 Å². The molecule has 0 bridgehead atoms. The first-order valence-corrected chi connectivity index (χ1v) is 9.55. The van der Waals surface area contributed by atoms with Crippen molar-refractivity contribution in [1.29, 1.82) is 0 Å². The molecule has 0 aromatic rings. The van der Waals surface area contributed by atoms with Crippen LogP contribution in [0.3, 0.4) is 0 Å². The average molecular weight is 344 g/mol. The van der Waals surface area contributed by atoms with Crippen LogP contribution in [0.5, 0.6) is 0 Å². The Kier molecular flexibility index (Phi) is 12.4.